The number of carbonyl (C=O) groups excluding carboxylic acids is 1. The third-order valence-corrected chi connectivity index (χ3v) is 5.00. The number of hydrogen-bond donors (Lipinski definition) is 3. The molecule has 6 heteroatoms. The van der Waals surface area contributed by atoms with Crippen LogP contribution in [0.1, 0.15) is 47.7 Å². The fourth-order valence-electron chi connectivity index (χ4n) is 3.63. The van der Waals surface area contributed by atoms with E-state index in [2.05, 4.69) is 25.7 Å². The number of rotatable bonds is 4. The number of nitrogens with zero attached hydrogens (tertiary/aromatic N) is 2. The molecule has 1 amide bonds. The topological polar surface area (TPSA) is 73.0 Å². The molecule has 0 spiro atoms. The maximum Gasteiger partial charge on any atom is 0.255 e. The van der Waals surface area contributed by atoms with Gasteiger partial charge in [0.2, 0.25) is 0 Å². The molecule has 0 bridgehead atoms. The highest BCUT2D eigenvalue weighted by molar-refractivity contribution is 5.95. The highest BCUT2D eigenvalue weighted by atomic mass is 16.1. The Labute approximate surface area is 124 Å². The molecule has 0 aromatic carbocycles. The minimum Gasteiger partial charge on any atom is -0.348 e. The molecule has 1 aliphatic carbocycles. The summed E-state index contributed by atoms with van der Waals surface area (Å²) in [4.78, 5) is 15.0. The summed E-state index contributed by atoms with van der Waals surface area (Å²) in [7, 11) is 0. The summed E-state index contributed by atoms with van der Waals surface area (Å²) in [5.41, 5.74) is 1.73. The first kappa shape index (κ1) is 13.3. The second kappa shape index (κ2) is 5.42. The molecular weight excluding hydrogens is 266 g/mol. The van der Waals surface area contributed by atoms with Gasteiger partial charge in [-0.25, -0.2) is 0 Å². The monoisotopic (exact) mass is 289 g/mol. The Morgan fingerprint density at radius 2 is 2.24 bits per heavy atom. The zero-order valence-corrected chi connectivity index (χ0v) is 12.3. The van der Waals surface area contributed by atoms with E-state index in [4.69, 9.17) is 0 Å². The van der Waals surface area contributed by atoms with Crippen LogP contribution in [0.5, 0.6) is 0 Å². The summed E-state index contributed by atoms with van der Waals surface area (Å²) >= 11 is 0. The number of carbonyl (C=O) groups is 1. The maximum atomic E-state index is 12.5. The molecule has 4 rings (SSSR count). The SMILES string of the molecule is O=C(NC1CCN(C2CC2)C1)c1cn[nH]c1C1CCNC1. The Morgan fingerprint density at radius 1 is 1.33 bits per heavy atom. The molecule has 1 aromatic heterocycles. The number of nitrogens with one attached hydrogen (secondary N) is 3. The van der Waals surface area contributed by atoms with Crippen molar-refractivity contribution in [3.05, 3.63) is 17.5 Å². The van der Waals surface area contributed by atoms with E-state index in [1.165, 1.54) is 12.8 Å². The smallest absolute Gasteiger partial charge is 0.255 e. The molecule has 2 atom stereocenters. The quantitative estimate of drug-likeness (QED) is 0.752. The summed E-state index contributed by atoms with van der Waals surface area (Å²) in [5, 5.41) is 13.7. The third kappa shape index (κ3) is 2.70. The minimum absolute atomic E-state index is 0.0355. The average Bonchev–Trinajstić information content (AvgIpc) is 2.94. The Hall–Kier alpha value is -1.40. The lowest BCUT2D eigenvalue weighted by Gasteiger charge is -2.16. The number of aromatic amines is 1. The molecule has 3 heterocycles. The second-order valence-corrected chi connectivity index (χ2v) is 6.57. The Morgan fingerprint density at radius 3 is 3.00 bits per heavy atom. The third-order valence-electron chi connectivity index (χ3n) is 5.00. The summed E-state index contributed by atoms with van der Waals surface area (Å²) in [6.07, 6.45) is 6.49. The van der Waals surface area contributed by atoms with Gasteiger partial charge in [0.25, 0.3) is 5.91 Å². The van der Waals surface area contributed by atoms with Gasteiger partial charge in [0, 0.05) is 37.6 Å². The first-order valence-corrected chi connectivity index (χ1v) is 8.10. The van der Waals surface area contributed by atoms with Crippen molar-refractivity contribution in [1.29, 1.82) is 0 Å². The molecule has 1 aromatic rings. The van der Waals surface area contributed by atoms with Gasteiger partial charge in [0.05, 0.1) is 17.5 Å². The van der Waals surface area contributed by atoms with Crippen molar-refractivity contribution in [2.75, 3.05) is 26.2 Å². The van der Waals surface area contributed by atoms with Gasteiger partial charge in [-0.1, -0.05) is 0 Å². The zero-order chi connectivity index (χ0) is 14.2. The van der Waals surface area contributed by atoms with Gasteiger partial charge in [0.15, 0.2) is 0 Å². The predicted octanol–water partition coefficient (Wildman–Crippen LogP) is 0.453. The van der Waals surface area contributed by atoms with Gasteiger partial charge in [-0.2, -0.15) is 5.10 Å². The zero-order valence-electron chi connectivity index (χ0n) is 12.3. The molecule has 6 nitrogen and oxygen atoms in total. The van der Waals surface area contributed by atoms with E-state index in [-0.39, 0.29) is 5.91 Å². The maximum absolute atomic E-state index is 12.5. The van der Waals surface area contributed by atoms with Crippen LogP contribution in [0.4, 0.5) is 0 Å². The first-order chi connectivity index (χ1) is 10.3. The van der Waals surface area contributed by atoms with Gasteiger partial charge in [-0.3, -0.25) is 14.8 Å². The van der Waals surface area contributed by atoms with Crippen molar-refractivity contribution in [3.63, 3.8) is 0 Å². The molecule has 114 valence electrons. The number of H-pyrrole nitrogens is 1. The van der Waals surface area contributed by atoms with E-state index in [9.17, 15) is 4.79 Å². The van der Waals surface area contributed by atoms with Crippen LogP contribution in [-0.4, -0.2) is 59.3 Å². The molecule has 3 fully saturated rings. The molecule has 3 aliphatic rings. The van der Waals surface area contributed by atoms with Crippen molar-refractivity contribution < 1.29 is 4.79 Å². The van der Waals surface area contributed by atoms with Crippen molar-refractivity contribution in [2.45, 2.75) is 43.7 Å². The van der Waals surface area contributed by atoms with Crippen LogP contribution < -0.4 is 10.6 Å². The van der Waals surface area contributed by atoms with Gasteiger partial charge >= 0.3 is 0 Å². The number of hydrogen-bond acceptors (Lipinski definition) is 4. The van der Waals surface area contributed by atoms with Gasteiger partial charge in [0.1, 0.15) is 0 Å². The van der Waals surface area contributed by atoms with Crippen molar-refractivity contribution >= 4 is 5.91 Å². The average molecular weight is 289 g/mol. The van der Waals surface area contributed by atoms with Crippen molar-refractivity contribution in [3.8, 4) is 0 Å². The van der Waals surface area contributed by atoms with E-state index in [1.54, 1.807) is 6.20 Å². The van der Waals surface area contributed by atoms with Crippen molar-refractivity contribution in [1.82, 2.24) is 25.7 Å². The largest absolute Gasteiger partial charge is 0.348 e. The molecule has 21 heavy (non-hydrogen) atoms. The lowest BCUT2D eigenvalue weighted by Crippen LogP contribution is -2.37. The van der Waals surface area contributed by atoms with Crippen LogP contribution in [0.2, 0.25) is 0 Å². The normalized spacial score (nSPS) is 29.9. The van der Waals surface area contributed by atoms with E-state index >= 15 is 0 Å². The standard InChI is InChI=1S/C15H23N5O/c21-15(18-11-4-6-20(9-11)12-1-2-12)13-8-17-19-14(13)10-3-5-16-7-10/h8,10-12,16H,1-7,9H2,(H,17,19)(H,18,21). The van der Waals surface area contributed by atoms with E-state index < -0.39 is 0 Å². The molecule has 2 saturated heterocycles. The van der Waals surface area contributed by atoms with Gasteiger partial charge in [-0.15, -0.1) is 0 Å². The summed E-state index contributed by atoms with van der Waals surface area (Å²) < 4.78 is 0. The van der Waals surface area contributed by atoms with Crippen LogP contribution >= 0.6 is 0 Å². The second-order valence-electron chi connectivity index (χ2n) is 6.57. The number of amides is 1. The minimum atomic E-state index is 0.0355. The number of aromatic nitrogens is 2. The lowest BCUT2D eigenvalue weighted by atomic mass is 10.0. The summed E-state index contributed by atoms with van der Waals surface area (Å²) in [6, 6.07) is 1.09. The summed E-state index contributed by atoms with van der Waals surface area (Å²) in [5.74, 6) is 0.424. The van der Waals surface area contributed by atoms with Crippen LogP contribution in [-0.2, 0) is 0 Å². The van der Waals surface area contributed by atoms with Crippen LogP contribution in [0, 0.1) is 0 Å². The van der Waals surface area contributed by atoms with Crippen LogP contribution in [0.3, 0.4) is 0 Å². The fourth-order valence-corrected chi connectivity index (χ4v) is 3.63. The predicted molar refractivity (Wildman–Crippen MR) is 79.3 cm³/mol. The van der Waals surface area contributed by atoms with Crippen LogP contribution in [0.15, 0.2) is 6.20 Å². The van der Waals surface area contributed by atoms with Crippen molar-refractivity contribution in [2.24, 2.45) is 0 Å². The molecule has 3 N–H and O–H groups in total. The van der Waals surface area contributed by atoms with E-state index in [0.717, 1.165) is 56.3 Å². The lowest BCUT2D eigenvalue weighted by molar-refractivity contribution is 0.0936. The highest BCUT2D eigenvalue weighted by Gasteiger charge is 2.35. The molecule has 0 radical (unpaired) electrons. The van der Waals surface area contributed by atoms with Gasteiger partial charge < -0.3 is 10.6 Å². The van der Waals surface area contributed by atoms with Crippen LogP contribution in [0.25, 0.3) is 0 Å². The fraction of sp³-hybridized carbons (Fsp3) is 0.733. The van der Waals surface area contributed by atoms with E-state index in [1.807, 2.05) is 0 Å². The Bertz CT molecular complexity index is 518. The first-order valence-electron chi connectivity index (χ1n) is 8.10. The summed E-state index contributed by atoms with van der Waals surface area (Å²) in [6.45, 7) is 4.08. The molecule has 1 saturated carbocycles. The van der Waals surface area contributed by atoms with E-state index in [0.29, 0.717) is 12.0 Å². The highest BCUT2D eigenvalue weighted by Crippen LogP contribution is 2.30. The molecule has 2 unspecified atom stereocenters. The number of likely N-dealkylation sites (tertiary alicyclic amines) is 1. The van der Waals surface area contributed by atoms with Gasteiger partial charge in [-0.05, 0) is 32.2 Å². The Kier molecular flexibility index (Phi) is 3.43. The molecule has 2 aliphatic heterocycles. The molecular formula is C15H23N5O. The Balaban J connectivity index is 1.39.